The molecule has 0 saturated carbocycles. The molecule has 1 aromatic carbocycles. The van der Waals surface area contributed by atoms with Crippen LogP contribution in [0.25, 0.3) is 0 Å². The van der Waals surface area contributed by atoms with Crippen molar-refractivity contribution in [2.75, 3.05) is 0 Å². The first-order valence-corrected chi connectivity index (χ1v) is 10.2. The van der Waals surface area contributed by atoms with Gasteiger partial charge in [0.25, 0.3) is 0 Å². The van der Waals surface area contributed by atoms with Gasteiger partial charge in [-0.2, -0.15) is 13.2 Å². The van der Waals surface area contributed by atoms with Crippen LogP contribution < -0.4 is 10.6 Å². The first-order chi connectivity index (χ1) is 14.8. The highest BCUT2D eigenvalue weighted by Gasteiger charge is 2.44. The molecule has 3 rings (SSSR count). The number of nitrogens with zero attached hydrogens (tertiary/aromatic N) is 1. The second-order valence-corrected chi connectivity index (χ2v) is 8.67. The molecule has 12 heteroatoms. The monoisotopic (exact) mass is 491 g/mol. The molecular weight excluding hydrogens is 474 g/mol. The van der Waals surface area contributed by atoms with Gasteiger partial charge in [-0.15, -0.1) is 0 Å². The van der Waals surface area contributed by atoms with Crippen molar-refractivity contribution in [2.45, 2.75) is 50.7 Å². The summed E-state index contributed by atoms with van der Waals surface area (Å²) in [5, 5.41) is 8.50. The van der Waals surface area contributed by atoms with Crippen molar-refractivity contribution in [1.82, 2.24) is 15.8 Å². The summed E-state index contributed by atoms with van der Waals surface area (Å²) in [7, 11) is 0. The second kappa shape index (κ2) is 8.74. The van der Waals surface area contributed by atoms with Crippen LogP contribution in [0.1, 0.15) is 55.0 Å². The summed E-state index contributed by atoms with van der Waals surface area (Å²) in [6.45, 7) is 2.50. The minimum absolute atomic E-state index is 0.0868. The number of carbonyl (C=O) groups is 3. The lowest BCUT2D eigenvalue weighted by Crippen LogP contribution is -2.41. The van der Waals surface area contributed by atoms with Gasteiger partial charge in [0.05, 0.1) is 11.3 Å². The van der Waals surface area contributed by atoms with Crippen molar-refractivity contribution in [3.63, 3.8) is 0 Å². The number of halogens is 5. The minimum Gasteiger partial charge on any atom is -0.364 e. The van der Waals surface area contributed by atoms with E-state index in [-0.39, 0.29) is 35.3 Å². The Bertz CT molecular complexity index is 1060. The summed E-state index contributed by atoms with van der Waals surface area (Å²) in [5.41, 5.74) is -2.47. The van der Waals surface area contributed by atoms with E-state index in [4.69, 9.17) is 23.2 Å². The Kier molecular flexibility index (Phi) is 6.57. The van der Waals surface area contributed by atoms with E-state index in [1.54, 1.807) is 0 Å². The number of imide groups is 1. The molecule has 0 bridgehead atoms. The zero-order chi connectivity index (χ0) is 23.8. The van der Waals surface area contributed by atoms with Crippen molar-refractivity contribution < 1.29 is 32.1 Å². The summed E-state index contributed by atoms with van der Waals surface area (Å²) in [6.07, 6.45) is -3.86. The molecule has 1 unspecified atom stereocenters. The van der Waals surface area contributed by atoms with Gasteiger partial charge >= 0.3 is 6.18 Å². The molecule has 1 saturated heterocycles. The van der Waals surface area contributed by atoms with Crippen LogP contribution in [-0.4, -0.2) is 22.9 Å². The zero-order valence-electron chi connectivity index (χ0n) is 16.9. The number of carbonyl (C=O) groups excluding carboxylic acids is 3. The van der Waals surface area contributed by atoms with E-state index < -0.39 is 40.6 Å². The van der Waals surface area contributed by atoms with Crippen LogP contribution >= 0.6 is 23.2 Å². The number of benzene rings is 1. The lowest BCUT2D eigenvalue weighted by Gasteiger charge is -2.24. The number of amides is 3. The lowest BCUT2D eigenvalue weighted by molar-refractivity contribution is -0.140. The Morgan fingerprint density at radius 2 is 1.88 bits per heavy atom. The number of piperidine rings is 1. The molecule has 1 atom stereocenters. The molecule has 32 heavy (non-hydrogen) atoms. The quantitative estimate of drug-likeness (QED) is 0.612. The highest BCUT2D eigenvalue weighted by molar-refractivity contribution is 6.36. The van der Waals surface area contributed by atoms with E-state index in [0.717, 1.165) is 0 Å². The molecule has 1 aromatic heterocycles. The molecule has 0 aliphatic carbocycles. The number of hydrogen-bond donors (Lipinski definition) is 2. The summed E-state index contributed by atoms with van der Waals surface area (Å²) >= 11 is 12.6. The fourth-order valence-electron chi connectivity index (χ4n) is 3.44. The van der Waals surface area contributed by atoms with Gasteiger partial charge in [-0.1, -0.05) is 28.4 Å². The molecule has 2 aromatic rings. The molecule has 0 spiro atoms. The highest BCUT2D eigenvalue weighted by Crippen LogP contribution is 2.38. The van der Waals surface area contributed by atoms with Gasteiger partial charge in [-0.3, -0.25) is 19.7 Å². The molecule has 2 heterocycles. The van der Waals surface area contributed by atoms with E-state index in [1.165, 1.54) is 26.0 Å². The van der Waals surface area contributed by atoms with E-state index in [9.17, 15) is 27.6 Å². The third kappa shape index (κ3) is 4.75. The average Bonchev–Trinajstić information content (AvgIpc) is 3.18. The van der Waals surface area contributed by atoms with Gasteiger partial charge in [0.2, 0.25) is 17.7 Å². The smallest absolute Gasteiger partial charge is 0.364 e. The average molecular weight is 492 g/mol. The SMILES string of the molecule is CC(C)(C(=O)NCc1cc(Cl)c(C2CCC(=O)NC2=O)c(Cl)c1)c1nocc1C(F)(F)F. The third-order valence-electron chi connectivity index (χ3n) is 5.21. The Labute approximate surface area is 190 Å². The van der Waals surface area contributed by atoms with Crippen molar-refractivity contribution in [1.29, 1.82) is 0 Å². The van der Waals surface area contributed by atoms with Crippen molar-refractivity contribution in [3.8, 4) is 0 Å². The molecule has 2 N–H and O–H groups in total. The summed E-state index contributed by atoms with van der Waals surface area (Å²) < 4.78 is 43.9. The molecular formula is C20H18Cl2F3N3O4. The number of aromatic nitrogens is 1. The third-order valence-corrected chi connectivity index (χ3v) is 5.84. The number of alkyl halides is 3. The Morgan fingerprint density at radius 3 is 2.44 bits per heavy atom. The summed E-state index contributed by atoms with van der Waals surface area (Å²) in [6, 6.07) is 2.99. The largest absolute Gasteiger partial charge is 0.421 e. The zero-order valence-corrected chi connectivity index (χ0v) is 18.4. The van der Waals surface area contributed by atoms with E-state index >= 15 is 0 Å². The van der Waals surface area contributed by atoms with Crippen LogP contribution in [0.2, 0.25) is 10.0 Å². The maximum Gasteiger partial charge on any atom is 0.421 e. The number of rotatable bonds is 5. The van der Waals surface area contributed by atoms with Crippen LogP contribution in [0, 0.1) is 0 Å². The van der Waals surface area contributed by atoms with E-state index in [2.05, 4.69) is 20.3 Å². The first-order valence-electron chi connectivity index (χ1n) is 9.44. The highest BCUT2D eigenvalue weighted by atomic mass is 35.5. The van der Waals surface area contributed by atoms with Gasteiger partial charge in [0, 0.05) is 28.6 Å². The van der Waals surface area contributed by atoms with Crippen LogP contribution in [0.5, 0.6) is 0 Å². The Morgan fingerprint density at radius 1 is 1.25 bits per heavy atom. The van der Waals surface area contributed by atoms with Gasteiger partial charge in [-0.05, 0) is 38.0 Å². The molecule has 1 aliphatic heterocycles. The fourth-order valence-corrected chi connectivity index (χ4v) is 4.24. The maximum absolute atomic E-state index is 13.1. The second-order valence-electron chi connectivity index (χ2n) is 7.86. The lowest BCUT2D eigenvalue weighted by atomic mass is 9.85. The van der Waals surface area contributed by atoms with Crippen molar-refractivity contribution in [2.24, 2.45) is 0 Å². The normalized spacial score (nSPS) is 17.3. The van der Waals surface area contributed by atoms with Gasteiger partial charge in [0.1, 0.15) is 17.5 Å². The standard InChI is InChI=1S/C20H18Cl2F3N3O4/c1-19(2,16-11(8-32-28-16)20(23,24)25)18(31)26-7-9-5-12(21)15(13(22)6-9)10-3-4-14(29)27-17(10)30/h5-6,8,10H,3-4,7H2,1-2H3,(H,26,31)(H,27,29,30). The molecule has 172 valence electrons. The van der Waals surface area contributed by atoms with Crippen LogP contribution in [0.15, 0.2) is 22.9 Å². The summed E-state index contributed by atoms with van der Waals surface area (Å²) in [5.74, 6) is -2.29. The number of hydrogen-bond acceptors (Lipinski definition) is 5. The topological polar surface area (TPSA) is 101 Å². The maximum atomic E-state index is 13.1. The van der Waals surface area contributed by atoms with Gasteiger partial charge in [0.15, 0.2) is 0 Å². The van der Waals surface area contributed by atoms with Crippen LogP contribution in [0.3, 0.4) is 0 Å². The minimum atomic E-state index is -4.72. The van der Waals surface area contributed by atoms with Crippen molar-refractivity contribution in [3.05, 3.63) is 50.8 Å². The predicted molar refractivity (Wildman–Crippen MR) is 108 cm³/mol. The molecule has 0 radical (unpaired) electrons. The molecule has 1 aliphatic rings. The van der Waals surface area contributed by atoms with E-state index in [0.29, 0.717) is 17.4 Å². The first kappa shape index (κ1) is 24.1. The van der Waals surface area contributed by atoms with Crippen LogP contribution in [-0.2, 0) is 32.5 Å². The number of nitrogens with one attached hydrogen (secondary N) is 2. The van der Waals surface area contributed by atoms with Gasteiger partial charge < -0.3 is 9.84 Å². The Hall–Kier alpha value is -2.59. The van der Waals surface area contributed by atoms with Gasteiger partial charge in [-0.25, -0.2) is 0 Å². The fraction of sp³-hybridized carbons (Fsp3) is 0.400. The predicted octanol–water partition coefficient (Wildman–Crippen LogP) is 4.11. The van der Waals surface area contributed by atoms with Crippen molar-refractivity contribution >= 4 is 40.9 Å². The molecule has 7 nitrogen and oxygen atoms in total. The van der Waals surface area contributed by atoms with Crippen LogP contribution in [0.4, 0.5) is 13.2 Å². The Balaban J connectivity index is 1.76. The molecule has 3 amide bonds. The molecule has 1 fully saturated rings. The van der Waals surface area contributed by atoms with E-state index in [1.807, 2.05) is 0 Å². The summed E-state index contributed by atoms with van der Waals surface area (Å²) in [4.78, 5) is 36.1.